The van der Waals surface area contributed by atoms with Gasteiger partial charge in [-0.05, 0) is 31.6 Å². The molecule has 1 aliphatic rings. The van der Waals surface area contributed by atoms with Crippen LogP contribution in [0.5, 0.6) is 0 Å². The minimum atomic E-state index is -0.301. The lowest BCUT2D eigenvalue weighted by molar-refractivity contribution is -0.00501. The zero-order valence-electron chi connectivity index (χ0n) is 10.6. The molecular formula is C14H28O. The van der Waals surface area contributed by atoms with E-state index in [0.29, 0.717) is 5.92 Å². The van der Waals surface area contributed by atoms with Crippen molar-refractivity contribution in [3.05, 3.63) is 0 Å². The fraction of sp³-hybridized carbons (Fsp3) is 1.00. The molecule has 2 unspecified atom stereocenters. The SMILES string of the molecule is CCCCCCCC1CCCC1(O)CC. The molecule has 15 heavy (non-hydrogen) atoms. The summed E-state index contributed by atoms with van der Waals surface area (Å²) in [5.41, 5.74) is -0.301. The third-order valence-corrected chi connectivity index (χ3v) is 4.19. The van der Waals surface area contributed by atoms with Gasteiger partial charge in [0.2, 0.25) is 0 Å². The average molecular weight is 212 g/mol. The zero-order chi connectivity index (χ0) is 11.1. The van der Waals surface area contributed by atoms with E-state index < -0.39 is 0 Å². The summed E-state index contributed by atoms with van der Waals surface area (Å²) < 4.78 is 0. The number of aliphatic hydroxyl groups is 1. The van der Waals surface area contributed by atoms with Gasteiger partial charge in [0.25, 0.3) is 0 Å². The molecule has 0 spiro atoms. The number of rotatable bonds is 7. The number of hydrogen-bond donors (Lipinski definition) is 1. The van der Waals surface area contributed by atoms with Gasteiger partial charge in [0, 0.05) is 0 Å². The second kappa shape index (κ2) is 6.52. The average Bonchev–Trinajstić information content (AvgIpc) is 2.61. The summed E-state index contributed by atoms with van der Waals surface area (Å²) in [5, 5.41) is 10.4. The summed E-state index contributed by atoms with van der Waals surface area (Å²) >= 11 is 0. The molecule has 90 valence electrons. The van der Waals surface area contributed by atoms with Gasteiger partial charge in [-0.1, -0.05) is 52.4 Å². The van der Waals surface area contributed by atoms with Crippen LogP contribution in [0.1, 0.15) is 78.1 Å². The molecule has 0 aromatic rings. The van der Waals surface area contributed by atoms with Crippen LogP contribution in [0.4, 0.5) is 0 Å². The fourth-order valence-corrected chi connectivity index (χ4v) is 3.00. The monoisotopic (exact) mass is 212 g/mol. The van der Waals surface area contributed by atoms with Crippen LogP contribution >= 0.6 is 0 Å². The third-order valence-electron chi connectivity index (χ3n) is 4.19. The van der Waals surface area contributed by atoms with Crippen molar-refractivity contribution in [2.45, 2.75) is 83.7 Å². The second-order valence-corrected chi connectivity index (χ2v) is 5.25. The largest absolute Gasteiger partial charge is 0.390 e. The van der Waals surface area contributed by atoms with Crippen LogP contribution in [0, 0.1) is 5.92 Å². The topological polar surface area (TPSA) is 20.2 Å². The van der Waals surface area contributed by atoms with Crippen molar-refractivity contribution < 1.29 is 5.11 Å². The lowest BCUT2D eigenvalue weighted by Gasteiger charge is -2.28. The normalized spacial score (nSPS) is 31.0. The molecule has 1 fully saturated rings. The Kier molecular flexibility index (Phi) is 5.66. The van der Waals surface area contributed by atoms with Gasteiger partial charge < -0.3 is 5.11 Å². The highest BCUT2D eigenvalue weighted by atomic mass is 16.3. The van der Waals surface area contributed by atoms with E-state index in [1.807, 2.05) is 0 Å². The Morgan fingerprint density at radius 1 is 1.13 bits per heavy atom. The Morgan fingerprint density at radius 2 is 1.87 bits per heavy atom. The van der Waals surface area contributed by atoms with E-state index in [4.69, 9.17) is 0 Å². The molecule has 1 heteroatoms. The van der Waals surface area contributed by atoms with E-state index in [2.05, 4.69) is 13.8 Å². The van der Waals surface area contributed by atoms with Crippen LogP contribution in [0.25, 0.3) is 0 Å². The van der Waals surface area contributed by atoms with Crippen molar-refractivity contribution in [3.8, 4) is 0 Å². The van der Waals surface area contributed by atoms with Gasteiger partial charge in [-0.3, -0.25) is 0 Å². The maximum absolute atomic E-state index is 10.4. The Bertz CT molecular complexity index is 167. The van der Waals surface area contributed by atoms with Crippen LogP contribution in [0.3, 0.4) is 0 Å². The summed E-state index contributed by atoms with van der Waals surface area (Å²) in [7, 11) is 0. The first kappa shape index (κ1) is 13.0. The van der Waals surface area contributed by atoms with Gasteiger partial charge in [0.15, 0.2) is 0 Å². The van der Waals surface area contributed by atoms with Crippen molar-refractivity contribution in [1.29, 1.82) is 0 Å². The highest BCUT2D eigenvalue weighted by Gasteiger charge is 2.38. The molecular weight excluding hydrogens is 184 g/mol. The van der Waals surface area contributed by atoms with E-state index in [0.717, 1.165) is 12.8 Å². The maximum atomic E-state index is 10.4. The molecule has 2 atom stereocenters. The summed E-state index contributed by atoms with van der Waals surface area (Å²) in [6.07, 6.45) is 12.5. The van der Waals surface area contributed by atoms with Gasteiger partial charge in [-0.2, -0.15) is 0 Å². The van der Waals surface area contributed by atoms with E-state index in [-0.39, 0.29) is 5.60 Å². The Labute approximate surface area is 95.3 Å². The van der Waals surface area contributed by atoms with Crippen LogP contribution in [-0.4, -0.2) is 10.7 Å². The van der Waals surface area contributed by atoms with E-state index in [9.17, 15) is 5.11 Å². The third kappa shape index (κ3) is 3.79. The molecule has 0 aromatic carbocycles. The lowest BCUT2D eigenvalue weighted by atomic mass is 9.84. The van der Waals surface area contributed by atoms with Gasteiger partial charge in [0.05, 0.1) is 5.60 Å². The van der Waals surface area contributed by atoms with E-state index in [1.165, 1.54) is 51.4 Å². The molecule has 0 saturated heterocycles. The van der Waals surface area contributed by atoms with Crippen molar-refractivity contribution in [2.24, 2.45) is 5.92 Å². The summed E-state index contributed by atoms with van der Waals surface area (Å²) in [4.78, 5) is 0. The lowest BCUT2D eigenvalue weighted by Crippen LogP contribution is -2.32. The fourth-order valence-electron chi connectivity index (χ4n) is 3.00. The molecule has 1 nitrogen and oxygen atoms in total. The first-order valence-electron chi connectivity index (χ1n) is 6.95. The molecule has 1 N–H and O–H groups in total. The van der Waals surface area contributed by atoms with Crippen molar-refractivity contribution in [3.63, 3.8) is 0 Å². The molecule has 0 aromatic heterocycles. The van der Waals surface area contributed by atoms with Crippen molar-refractivity contribution >= 4 is 0 Å². The van der Waals surface area contributed by atoms with Crippen molar-refractivity contribution in [2.75, 3.05) is 0 Å². The van der Waals surface area contributed by atoms with Crippen LogP contribution in [-0.2, 0) is 0 Å². The molecule has 1 rings (SSSR count). The molecule has 0 radical (unpaired) electrons. The van der Waals surface area contributed by atoms with E-state index in [1.54, 1.807) is 0 Å². The highest BCUT2D eigenvalue weighted by molar-refractivity contribution is 4.90. The van der Waals surface area contributed by atoms with Gasteiger partial charge in [0.1, 0.15) is 0 Å². The summed E-state index contributed by atoms with van der Waals surface area (Å²) in [6, 6.07) is 0. The molecule has 1 saturated carbocycles. The van der Waals surface area contributed by atoms with Gasteiger partial charge in [-0.25, -0.2) is 0 Å². The molecule has 0 heterocycles. The van der Waals surface area contributed by atoms with Gasteiger partial charge in [-0.15, -0.1) is 0 Å². The van der Waals surface area contributed by atoms with Crippen LogP contribution in [0.15, 0.2) is 0 Å². The smallest absolute Gasteiger partial charge is 0.0673 e. The maximum Gasteiger partial charge on any atom is 0.0673 e. The van der Waals surface area contributed by atoms with Crippen molar-refractivity contribution in [1.82, 2.24) is 0 Å². The quantitative estimate of drug-likeness (QED) is 0.624. The predicted octanol–water partition coefficient (Wildman–Crippen LogP) is 4.29. The van der Waals surface area contributed by atoms with Crippen LogP contribution in [0.2, 0.25) is 0 Å². The molecule has 0 bridgehead atoms. The minimum Gasteiger partial charge on any atom is -0.390 e. The Morgan fingerprint density at radius 3 is 2.53 bits per heavy atom. The van der Waals surface area contributed by atoms with Gasteiger partial charge >= 0.3 is 0 Å². The standard InChI is InChI=1S/C14H28O/c1-3-5-6-7-8-10-13-11-9-12-14(13,15)4-2/h13,15H,3-12H2,1-2H3. The molecule has 0 amide bonds. The van der Waals surface area contributed by atoms with Crippen LogP contribution < -0.4 is 0 Å². The van der Waals surface area contributed by atoms with E-state index >= 15 is 0 Å². The first-order valence-corrected chi connectivity index (χ1v) is 6.95. The number of hydrogen-bond acceptors (Lipinski definition) is 1. The Balaban J connectivity index is 2.15. The molecule has 0 aliphatic heterocycles. The second-order valence-electron chi connectivity index (χ2n) is 5.25. The summed E-state index contributed by atoms with van der Waals surface area (Å²) in [6.45, 7) is 4.39. The predicted molar refractivity (Wildman–Crippen MR) is 66.0 cm³/mol. The Hall–Kier alpha value is -0.0400. The summed E-state index contributed by atoms with van der Waals surface area (Å²) in [5.74, 6) is 0.601. The minimum absolute atomic E-state index is 0.301. The zero-order valence-corrected chi connectivity index (χ0v) is 10.6. The first-order chi connectivity index (χ1) is 7.23. The molecule has 1 aliphatic carbocycles. The highest BCUT2D eigenvalue weighted by Crippen LogP contribution is 2.40. The number of unbranched alkanes of at least 4 members (excludes halogenated alkanes) is 4.